The predicted octanol–water partition coefficient (Wildman–Crippen LogP) is 0.962. The van der Waals surface area contributed by atoms with Gasteiger partial charge in [0.2, 0.25) is 0 Å². The van der Waals surface area contributed by atoms with E-state index in [1.54, 1.807) is 12.4 Å². The van der Waals surface area contributed by atoms with Gasteiger partial charge in [0.25, 0.3) is 5.91 Å². The van der Waals surface area contributed by atoms with Crippen molar-refractivity contribution in [3.8, 4) is 0 Å². The van der Waals surface area contributed by atoms with E-state index in [0.29, 0.717) is 18.2 Å². The molecule has 0 aromatic carbocycles. The Morgan fingerprint density at radius 2 is 2.33 bits per heavy atom. The van der Waals surface area contributed by atoms with Crippen molar-refractivity contribution in [3.63, 3.8) is 0 Å². The summed E-state index contributed by atoms with van der Waals surface area (Å²) >= 11 is 0. The van der Waals surface area contributed by atoms with Crippen LogP contribution in [0.15, 0.2) is 33.5 Å². The number of fused-ring (bicyclic) bond motifs is 1. The molecule has 1 fully saturated rings. The number of carbonyl (C=O) groups is 1. The predicted molar refractivity (Wildman–Crippen MR) is 57.9 cm³/mol. The van der Waals surface area contributed by atoms with E-state index in [4.69, 9.17) is 0 Å². The number of amides is 1. The van der Waals surface area contributed by atoms with Gasteiger partial charge in [0.05, 0.1) is 11.9 Å². The van der Waals surface area contributed by atoms with Gasteiger partial charge in [-0.3, -0.25) is 14.8 Å². The molecule has 1 N–H and O–H groups in total. The number of nitrogens with zero attached hydrogens (tertiary/aromatic N) is 2. The van der Waals surface area contributed by atoms with E-state index in [1.165, 1.54) is 0 Å². The van der Waals surface area contributed by atoms with Gasteiger partial charge in [-0.2, -0.15) is 0 Å². The van der Waals surface area contributed by atoms with Crippen molar-refractivity contribution in [2.75, 3.05) is 0 Å². The van der Waals surface area contributed by atoms with Gasteiger partial charge < -0.3 is 5.32 Å². The molecule has 2 heterocycles. The van der Waals surface area contributed by atoms with E-state index in [-0.39, 0.29) is 5.91 Å². The van der Waals surface area contributed by atoms with E-state index >= 15 is 0 Å². The first-order valence-electron chi connectivity index (χ1n) is 5.14. The van der Waals surface area contributed by atoms with Crippen LogP contribution in [0.4, 0.5) is 0 Å². The molecule has 0 atom stereocenters. The maximum atomic E-state index is 11.7. The molecule has 3 rings (SSSR count). The first kappa shape index (κ1) is 8.59. The van der Waals surface area contributed by atoms with Crippen LogP contribution >= 0.6 is 0 Å². The zero-order valence-electron chi connectivity index (χ0n) is 8.23. The fourth-order valence-corrected chi connectivity index (χ4v) is 1.64. The minimum atomic E-state index is -0.0272. The van der Waals surface area contributed by atoms with Crippen LogP contribution in [-0.4, -0.2) is 23.9 Å². The Labute approximate surface area is 87.5 Å². The van der Waals surface area contributed by atoms with Crippen LogP contribution in [0.2, 0.25) is 0 Å². The molecule has 0 saturated heterocycles. The molecule has 4 nitrogen and oxygen atoms in total. The van der Waals surface area contributed by atoms with E-state index in [9.17, 15) is 4.79 Å². The van der Waals surface area contributed by atoms with Crippen LogP contribution in [0.5, 0.6) is 0 Å². The third-order valence-electron chi connectivity index (χ3n) is 2.69. The first-order valence-corrected chi connectivity index (χ1v) is 5.14. The fourth-order valence-electron chi connectivity index (χ4n) is 1.64. The second-order valence-corrected chi connectivity index (χ2v) is 3.98. The number of hydrogen-bond acceptors (Lipinski definition) is 3. The van der Waals surface area contributed by atoms with Crippen LogP contribution in [-0.2, 0) is 4.79 Å². The Bertz CT molecular complexity index is 439. The monoisotopic (exact) mass is 201 g/mol. The van der Waals surface area contributed by atoms with Gasteiger partial charge in [-0.25, -0.2) is 0 Å². The summed E-state index contributed by atoms with van der Waals surface area (Å²) in [5, 5.41) is 2.94. The number of nitrogens with one attached hydrogen (secondary N) is 1. The molecular weight excluding hydrogens is 190 g/mol. The number of carbonyl (C=O) groups excluding carboxylic acids is 1. The fraction of sp³-hybridized carbons (Fsp3) is 0.364. The Balaban J connectivity index is 1.75. The lowest BCUT2D eigenvalue weighted by atomic mass is 10.0. The van der Waals surface area contributed by atoms with Gasteiger partial charge >= 0.3 is 0 Å². The standard InChI is InChI=1S/C11H11N3O/c15-11(14-8-1-2-8)9-5-7-3-4-12-10(7)6-13-9/h3-4,6,8H,1-2,5H2,(H,14,15). The number of rotatable bonds is 2. The molecule has 4 heteroatoms. The van der Waals surface area contributed by atoms with Crippen molar-refractivity contribution in [1.29, 1.82) is 0 Å². The average Bonchev–Trinajstić information content (AvgIpc) is 2.94. The summed E-state index contributed by atoms with van der Waals surface area (Å²) in [5.41, 5.74) is 2.58. The molecule has 0 aromatic rings. The van der Waals surface area contributed by atoms with Crippen LogP contribution in [0.3, 0.4) is 0 Å². The number of aliphatic imine (C=N–C) groups is 2. The quantitative estimate of drug-likeness (QED) is 0.710. The molecule has 0 unspecified atom stereocenters. The molecule has 2 aliphatic heterocycles. The van der Waals surface area contributed by atoms with E-state index in [1.807, 2.05) is 6.08 Å². The highest BCUT2D eigenvalue weighted by Gasteiger charge is 2.27. The molecule has 15 heavy (non-hydrogen) atoms. The molecule has 3 aliphatic rings. The summed E-state index contributed by atoms with van der Waals surface area (Å²) in [6.07, 6.45) is 8.16. The number of hydrogen-bond donors (Lipinski definition) is 1. The van der Waals surface area contributed by atoms with Crippen molar-refractivity contribution < 1.29 is 4.79 Å². The zero-order chi connectivity index (χ0) is 10.3. The van der Waals surface area contributed by atoms with Crippen molar-refractivity contribution >= 4 is 17.8 Å². The summed E-state index contributed by atoms with van der Waals surface area (Å²) in [6, 6.07) is 0.388. The molecule has 1 amide bonds. The lowest BCUT2D eigenvalue weighted by Gasteiger charge is -2.11. The van der Waals surface area contributed by atoms with Crippen LogP contribution in [0.1, 0.15) is 19.3 Å². The van der Waals surface area contributed by atoms with Crippen LogP contribution in [0.25, 0.3) is 0 Å². The lowest BCUT2D eigenvalue weighted by Crippen LogP contribution is -2.33. The largest absolute Gasteiger partial charge is 0.348 e. The second-order valence-electron chi connectivity index (χ2n) is 3.98. The minimum Gasteiger partial charge on any atom is -0.348 e. The maximum absolute atomic E-state index is 11.7. The van der Waals surface area contributed by atoms with Crippen molar-refractivity contribution in [1.82, 2.24) is 5.32 Å². The normalized spacial score (nSPS) is 22.8. The second kappa shape index (κ2) is 3.15. The topological polar surface area (TPSA) is 53.8 Å². The summed E-state index contributed by atoms with van der Waals surface area (Å²) in [7, 11) is 0. The van der Waals surface area contributed by atoms with Gasteiger partial charge in [0, 0.05) is 18.7 Å². The molecule has 0 aromatic heterocycles. The third kappa shape index (κ3) is 1.63. The highest BCUT2D eigenvalue weighted by molar-refractivity contribution is 6.40. The number of allylic oxidation sites excluding steroid dienone is 2. The van der Waals surface area contributed by atoms with Gasteiger partial charge in [-0.15, -0.1) is 0 Å². The molecule has 76 valence electrons. The summed E-state index contributed by atoms with van der Waals surface area (Å²) < 4.78 is 0. The van der Waals surface area contributed by atoms with Crippen molar-refractivity contribution in [3.05, 3.63) is 23.5 Å². The molecule has 0 bridgehead atoms. The lowest BCUT2D eigenvalue weighted by molar-refractivity contribution is -0.115. The van der Waals surface area contributed by atoms with Gasteiger partial charge in [-0.1, -0.05) is 0 Å². The van der Waals surface area contributed by atoms with Crippen molar-refractivity contribution in [2.24, 2.45) is 9.98 Å². The van der Waals surface area contributed by atoms with Crippen LogP contribution in [0, 0.1) is 0 Å². The van der Waals surface area contributed by atoms with Crippen LogP contribution < -0.4 is 5.32 Å². The molecule has 0 spiro atoms. The molecular formula is C11H11N3O. The first-order chi connectivity index (χ1) is 7.33. The van der Waals surface area contributed by atoms with E-state index < -0.39 is 0 Å². The average molecular weight is 201 g/mol. The molecule has 0 radical (unpaired) electrons. The Morgan fingerprint density at radius 1 is 1.47 bits per heavy atom. The summed E-state index contributed by atoms with van der Waals surface area (Å²) in [4.78, 5) is 20.0. The smallest absolute Gasteiger partial charge is 0.266 e. The van der Waals surface area contributed by atoms with Crippen molar-refractivity contribution in [2.45, 2.75) is 25.3 Å². The Kier molecular flexibility index (Phi) is 1.80. The minimum absolute atomic E-state index is 0.0272. The SMILES string of the molecule is O=C(NC1CC1)C1=NC=C2N=CC=C2C1. The van der Waals surface area contributed by atoms with Gasteiger partial charge in [-0.05, 0) is 24.5 Å². The van der Waals surface area contributed by atoms with Gasteiger partial charge in [0.1, 0.15) is 5.71 Å². The Morgan fingerprint density at radius 3 is 3.13 bits per heavy atom. The molecule has 1 aliphatic carbocycles. The highest BCUT2D eigenvalue weighted by Crippen LogP contribution is 2.24. The zero-order valence-corrected chi connectivity index (χ0v) is 8.23. The summed E-state index contributed by atoms with van der Waals surface area (Å²) in [5.74, 6) is -0.0272. The van der Waals surface area contributed by atoms with E-state index in [2.05, 4.69) is 15.3 Å². The van der Waals surface area contributed by atoms with Gasteiger partial charge in [0.15, 0.2) is 0 Å². The molecule has 1 saturated carbocycles. The highest BCUT2D eigenvalue weighted by atomic mass is 16.2. The maximum Gasteiger partial charge on any atom is 0.266 e. The summed E-state index contributed by atoms with van der Waals surface area (Å²) in [6.45, 7) is 0. The Hall–Kier alpha value is -1.71. The van der Waals surface area contributed by atoms with E-state index in [0.717, 1.165) is 24.1 Å². The third-order valence-corrected chi connectivity index (χ3v) is 2.69.